The maximum atomic E-state index is 6.59. The third-order valence-corrected chi connectivity index (χ3v) is 7.75. The van der Waals surface area contributed by atoms with Crippen LogP contribution in [0, 0.1) is 6.92 Å². The molecule has 1 atom stereocenters. The van der Waals surface area contributed by atoms with E-state index in [4.69, 9.17) is 30.4 Å². The van der Waals surface area contributed by atoms with Crippen molar-refractivity contribution in [3.63, 3.8) is 0 Å². The molecule has 0 bridgehead atoms. The van der Waals surface area contributed by atoms with Crippen molar-refractivity contribution >= 4 is 24.2 Å². The van der Waals surface area contributed by atoms with Crippen LogP contribution in [0.3, 0.4) is 0 Å². The molecule has 190 valence electrons. The lowest BCUT2D eigenvalue weighted by Gasteiger charge is -2.43. The SMILES string of the molecule is COc1ccc(CN2CC(Cc3c(C)cc(Cl)cc3B3OC(C)(C)C(C)(C)O3)OC(C)(C)C2)cc1. The third kappa shape index (κ3) is 5.89. The molecule has 2 aliphatic rings. The fourth-order valence-electron chi connectivity index (χ4n) is 5.12. The predicted molar refractivity (Wildman–Crippen MR) is 143 cm³/mol. The Morgan fingerprint density at radius 2 is 1.66 bits per heavy atom. The zero-order valence-corrected chi connectivity index (χ0v) is 23.2. The molecule has 2 heterocycles. The average molecular weight is 500 g/mol. The topological polar surface area (TPSA) is 40.2 Å². The van der Waals surface area contributed by atoms with Crippen molar-refractivity contribution in [3.8, 4) is 5.75 Å². The summed E-state index contributed by atoms with van der Waals surface area (Å²) in [5, 5.41) is 0.696. The largest absolute Gasteiger partial charge is 0.497 e. The van der Waals surface area contributed by atoms with Crippen LogP contribution in [0.2, 0.25) is 5.02 Å². The number of hydrogen-bond acceptors (Lipinski definition) is 5. The first-order valence-corrected chi connectivity index (χ1v) is 12.8. The van der Waals surface area contributed by atoms with Crippen LogP contribution in [0.5, 0.6) is 5.75 Å². The maximum absolute atomic E-state index is 6.59. The van der Waals surface area contributed by atoms with Gasteiger partial charge in [0.25, 0.3) is 0 Å². The summed E-state index contributed by atoms with van der Waals surface area (Å²) in [7, 11) is 1.24. The second-order valence-corrected chi connectivity index (χ2v) is 12.0. The monoisotopic (exact) mass is 499 g/mol. The van der Waals surface area contributed by atoms with Gasteiger partial charge in [-0.25, -0.2) is 0 Å². The van der Waals surface area contributed by atoms with E-state index >= 15 is 0 Å². The predicted octanol–water partition coefficient (Wildman–Crippen LogP) is 5.18. The normalized spacial score (nSPS) is 23.5. The molecule has 2 aliphatic heterocycles. The van der Waals surface area contributed by atoms with Crippen LogP contribution in [0.4, 0.5) is 0 Å². The minimum absolute atomic E-state index is 0.0399. The lowest BCUT2D eigenvalue weighted by atomic mass is 9.73. The number of morpholine rings is 1. The fourth-order valence-corrected chi connectivity index (χ4v) is 5.40. The van der Waals surface area contributed by atoms with Crippen LogP contribution in [0.1, 0.15) is 58.2 Å². The highest BCUT2D eigenvalue weighted by Crippen LogP contribution is 2.37. The molecule has 0 N–H and O–H groups in total. The van der Waals surface area contributed by atoms with E-state index in [-0.39, 0.29) is 11.7 Å². The minimum atomic E-state index is -0.459. The second-order valence-electron chi connectivity index (χ2n) is 11.6. The van der Waals surface area contributed by atoms with Gasteiger partial charge in [-0.2, -0.15) is 0 Å². The Labute approximate surface area is 216 Å². The number of aryl methyl sites for hydroxylation is 1. The van der Waals surface area contributed by atoms with E-state index in [9.17, 15) is 0 Å². The van der Waals surface area contributed by atoms with Gasteiger partial charge in [-0.05, 0) is 101 Å². The van der Waals surface area contributed by atoms with Crippen LogP contribution in [0.15, 0.2) is 36.4 Å². The summed E-state index contributed by atoms with van der Waals surface area (Å²) in [5.41, 5.74) is 3.52. The highest BCUT2D eigenvalue weighted by atomic mass is 35.5. The number of nitrogens with zero attached hydrogens (tertiary/aromatic N) is 1. The zero-order chi connectivity index (χ0) is 25.6. The Kier molecular flexibility index (Phi) is 7.36. The Morgan fingerprint density at radius 1 is 1.03 bits per heavy atom. The molecular weight excluding hydrogens is 461 g/mol. The fraction of sp³-hybridized carbons (Fsp3) is 0.571. The van der Waals surface area contributed by atoms with Crippen LogP contribution in [-0.4, -0.2) is 55.1 Å². The molecule has 35 heavy (non-hydrogen) atoms. The van der Waals surface area contributed by atoms with Crippen molar-refractivity contribution in [2.24, 2.45) is 0 Å². The Hall–Kier alpha value is -1.57. The lowest BCUT2D eigenvalue weighted by Crippen LogP contribution is -2.53. The zero-order valence-electron chi connectivity index (χ0n) is 22.4. The summed E-state index contributed by atoms with van der Waals surface area (Å²) in [6.45, 7) is 17.4. The molecule has 2 saturated heterocycles. The molecule has 0 spiro atoms. The van der Waals surface area contributed by atoms with Crippen molar-refractivity contribution in [2.75, 3.05) is 20.2 Å². The van der Waals surface area contributed by atoms with Gasteiger partial charge < -0.3 is 18.8 Å². The number of benzene rings is 2. The van der Waals surface area contributed by atoms with Gasteiger partial charge in [0, 0.05) is 24.7 Å². The van der Waals surface area contributed by atoms with Gasteiger partial charge in [0.1, 0.15) is 5.75 Å². The number of rotatable bonds is 6. The summed E-state index contributed by atoms with van der Waals surface area (Å²) in [5.74, 6) is 0.877. The number of methoxy groups -OCH3 is 1. The van der Waals surface area contributed by atoms with E-state index < -0.39 is 18.3 Å². The Bertz CT molecular complexity index is 1040. The van der Waals surface area contributed by atoms with Crippen LogP contribution in [0.25, 0.3) is 0 Å². The molecule has 0 saturated carbocycles. The molecule has 0 aliphatic carbocycles. The van der Waals surface area contributed by atoms with Gasteiger partial charge in [0.05, 0.1) is 30.0 Å². The second kappa shape index (κ2) is 9.72. The van der Waals surface area contributed by atoms with Gasteiger partial charge >= 0.3 is 7.12 Å². The smallest absolute Gasteiger partial charge is 0.495 e. The lowest BCUT2D eigenvalue weighted by molar-refractivity contribution is -0.137. The van der Waals surface area contributed by atoms with Gasteiger partial charge in [-0.3, -0.25) is 4.90 Å². The summed E-state index contributed by atoms with van der Waals surface area (Å²) >= 11 is 6.51. The van der Waals surface area contributed by atoms with Crippen molar-refractivity contribution in [1.29, 1.82) is 0 Å². The molecule has 7 heteroatoms. The van der Waals surface area contributed by atoms with Gasteiger partial charge in [0.15, 0.2) is 0 Å². The Balaban J connectivity index is 1.56. The quantitative estimate of drug-likeness (QED) is 0.512. The molecule has 5 nitrogen and oxygen atoms in total. The number of ether oxygens (including phenoxy) is 2. The molecular formula is C28H39BClNO4. The first kappa shape index (κ1) is 26.5. The molecule has 0 aromatic heterocycles. The van der Waals surface area contributed by atoms with Crippen LogP contribution >= 0.6 is 11.6 Å². The molecule has 2 aromatic rings. The molecule has 1 unspecified atom stereocenters. The van der Waals surface area contributed by atoms with Gasteiger partial charge in [0.2, 0.25) is 0 Å². The molecule has 0 radical (unpaired) electrons. The number of halogens is 1. The van der Waals surface area contributed by atoms with Crippen molar-refractivity contribution < 1.29 is 18.8 Å². The third-order valence-electron chi connectivity index (χ3n) is 7.53. The first-order valence-electron chi connectivity index (χ1n) is 12.5. The maximum Gasteiger partial charge on any atom is 0.495 e. The molecule has 0 amide bonds. The van der Waals surface area contributed by atoms with E-state index in [2.05, 4.69) is 65.5 Å². The first-order chi connectivity index (χ1) is 16.3. The number of hydrogen-bond donors (Lipinski definition) is 0. The average Bonchev–Trinajstić information content (AvgIpc) is 2.96. The van der Waals surface area contributed by atoms with Crippen molar-refractivity contribution in [2.45, 2.75) is 84.3 Å². The van der Waals surface area contributed by atoms with Gasteiger partial charge in [-0.15, -0.1) is 0 Å². The highest BCUT2D eigenvalue weighted by Gasteiger charge is 2.52. The minimum Gasteiger partial charge on any atom is -0.497 e. The Morgan fingerprint density at radius 3 is 2.26 bits per heavy atom. The van der Waals surface area contributed by atoms with E-state index in [1.54, 1.807) is 7.11 Å². The summed E-state index contributed by atoms with van der Waals surface area (Å²) < 4.78 is 24.7. The van der Waals surface area contributed by atoms with E-state index in [0.29, 0.717) is 5.02 Å². The van der Waals surface area contributed by atoms with Crippen molar-refractivity contribution in [1.82, 2.24) is 4.90 Å². The summed E-state index contributed by atoms with van der Waals surface area (Å²) in [6.07, 6.45) is 0.809. The van der Waals surface area contributed by atoms with Crippen molar-refractivity contribution in [3.05, 3.63) is 58.1 Å². The molecule has 4 rings (SSSR count). The summed E-state index contributed by atoms with van der Waals surface area (Å²) in [6, 6.07) is 12.3. The van der Waals surface area contributed by atoms with Crippen LogP contribution < -0.4 is 10.2 Å². The summed E-state index contributed by atoms with van der Waals surface area (Å²) in [4.78, 5) is 2.48. The van der Waals surface area contributed by atoms with E-state index in [1.807, 2.05) is 24.3 Å². The molecule has 2 aromatic carbocycles. The molecule has 2 fully saturated rings. The van der Waals surface area contributed by atoms with Crippen LogP contribution in [-0.2, 0) is 27.0 Å². The highest BCUT2D eigenvalue weighted by molar-refractivity contribution is 6.63. The van der Waals surface area contributed by atoms with Gasteiger partial charge in [-0.1, -0.05) is 23.7 Å². The standard InChI is InChI=1S/C28H39BClNO4/c1-19-13-21(30)14-25(29-34-27(4,5)28(6,7)35-29)24(19)15-23-17-31(18-26(2,3)33-23)16-20-9-11-22(32-8)12-10-20/h9-14,23H,15-18H2,1-8H3. The van der Waals surface area contributed by atoms with E-state index in [0.717, 1.165) is 42.8 Å². The van der Waals surface area contributed by atoms with E-state index in [1.165, 1.54) is 11.1 Å².